The van der Waals surface area contributed by atoms with E-state index in [-0.39, 0.29) is 52.4 Å². The number of hydrogen-bond acceptors (Lipinski definition) is 7. The molecule has 2 aromatic carbocycles. The third-order valence-corrected chi connectivity index (χ3v) is 12.1. The summed E-state index contributed by atoms with van der Waals surface area (Å²) in [6.45, 7) is 47.4. The summed E-state index contributed by atoms with van der Waals surface area (Å²) in [7, 11) is -3.11. The summed E-state index contributed by atoms with van der Waals surface area (Å²) in [6.07, 6.45) is 2.68. The summed E-state index contributed by atoms with van der Waals surface area (Å²) < 4.78 is 31.6. The van der Waals surface area contributed by atoms with Crippen LogP contribution in [-0.2, 0) is 40.6 Å². The van der Waals surface area contributed by atoms with Crippen molar-refractivity contribution in [2.45, 2.75) is 200 Å². The highest BCUT2D eigenvalue weighted by Crippen LogP contribution is 2.48. The molecule has 3 amide bonds. The monoisotopic (exact) mass is 897 g/mol. The van der Waals surface area contributed by atoms with Gasteiger partial charge in [-0.15, -0.1) is 12.6 Å². The van der Waals surface area contributed by atoms with Crippen LogP contribution in [0, 0.1) is 28.1 Å². The van der Waals surface area contributed by atoms with Crippen molar-refractivity contribution in [2.75, 3.05) is 19.7 Å². The zero-order valence-electron chi connectivity index (χ0n) is 42.6. The minimum atomic E-state index is -3.11. The van der Waals surface area contributed by atoms with Gasteiger partial charge in [0.2, 0.25) is 17.7 Å². The first kappa shape index (κ1) is 57.6. The lowest BCUT2D eigenvalue weighted by molar-refractivity contribution is -0.145. The molecule has 2 aromatic rings. The highest BCUT2D eigenvalue weighted by atomic mass is 32.2. The molecule has 10 heteroatoms. The van der Waals surface area contributed by atoms with Crippen LogP contribution in [0.1, 0.15) is 200 Å². The second kappa shape index (κ2) is 20.9. The SMILES string of the molecule is C.CC(C)(C)C(=O)N1CCC(C(C)(C)C)CC1.CC(C)(C)C1CC(=O)N(C(C)(C)C)C1=O.CC(C)(C)OCC1c2cc(C(C)(C)C)ccc2-c2ccc(C(C)(C)C)cc21.O=S(=O)=O. The van der Waals surface area contributed by atoms with Crippen LogP contribution < -0.4 is 0 Å². The molecule has 0 spiro atoms. The van der Waals surface area contributed by atoms with E-state index in [0.29, 0.717) is 23.7 Å². The Morgan fingerprint density at radius 1 is 0.651 bits per heavy atom. The number of nitrogens with zero attached hydrogens (tertiary/aromatic N) is 2. The standard InChI is InChI=1S/C26H36O.C14H27NO.C12H21NO2.CH4.O3S/c1-24(2,3)17-10-12-19-20-13-11-18(25(4,5)6)15-22(20)23(21(19)14-17)16-27-26(7,8)9;1-13(2,3)11-7-9-15(10-8-11)12(16)14(4,5)6;1-11(2,3)8-7-9(14)13(10(8)15)12(4,5)6;;1-4(2)3/h10-15,23H,16H2,1-9H3;11H,7-10H2,1-6H3;8H,7H2,1-6H3;1H4;. The van der Waals surface area contributed by atoms with Crippen LogP contribution in [0.4, 0.5) is 0 Å². The fourth-order valence-corrected chi connectivity index (χ4v) is 8.24. The molecule has 9 nitrogen and oxygen atoms in total. The predicted octanol–water partition coefficient (Wildman–Crippen LogP) is 12.4. The smallest absolute Gasteiger partial charge is 0.375 e. The molecule has 0 bridgehead atoms. The van der Waals surface area contributed by atoms with Crippen LogP contribution in [0.2, 0.25) is 0 Å². The molecule has 0 aromatic heterocycles. The Bertz CT molecular complexity index is 1930. The van der Waals surface area contributed by atoms with Gasteiger partial charge in [-0.05, 0) is 115 Å². The predicted molar refractivity (Wildman–Crippen MR) is 261 cm³/mol. The van der Waals surface area contributed by atoms with Gasteiger partial charge >= 0.3 is 10.6 Å². The average Bonchev–Trinajstić information content (AvgIpc) is 3.57. The molecule has 1 atom stereocenters. The third kappa shape index (κ3) is 16.5. The lowest BCUT2D eigenvalue weighted by Gasteiger charge is -2.40. The maximum Gasteiger partial charge on any atom is 0.425 e. The molecule has 3 aliphatic rings. The van der Waals surface area contributed by atoms with E-state index in [4.69, 9.17) is 17.4 Å². The first-order valence-electron chi connectivity index (χ1n) is 22.5. The molecule has 2 saturated heterocycles. The average molecular weight is 897 g/mol. The second-order valence-electron chi connectivity index (χ2n) is 24.8. The highest BCUT2D eigenvalue weighted by molar-refractivity contribution is 7.59. The van der Waals surface area contributed by atoms with Crippen molar-refractivity contribution in [3.8, 4) is 11.1 Å². The number of carbonyl (C=O) groups is 3. The van der Waals surface area contributed by atoms with E-state index >= 15 is 0 Å². The zero-order valence-corrected chi connectivity index (χ0v) is 43.4. The Kier molecular flexibility index (Phi) is 19.1. The minimum Gasteiger partial charge on any atom is -0.375 e. The number of likely N-dealkylation sites (tertiary alicyclic amines) is 2. The van der Waals surface area contributed by atoms with Crippen molar-refractivity contribution < 1.29 is 31.7 Å². The summed E-state index contributed by atoms with van der Waals surface area (Å²) in [5.41, 5.74) is 8.18. The number of carbonyl (C=O) groups excluding carboxylic acids is 3. The van der Waals surface area contributed by atoms with Crippen molar-refractivity contribution in [3.05, 3.63) is 58.7 Å². The van der Waals surface area contributed by atoms with Crippen molar-refractivity contribution in [1.82, 2.24) is 9.80 Å². The van der Waals surface area contributed by atoms with E-state index < -0.39 is 16.1 Å². The quantitative estimate of drug-likeness (QED) is 0.275. The second-order valence-corrected chi connectivity index (χ2v) is 25.2. The Balaban J connectivity index is 0.000000475. The van der Waals surface area contributed by atoms with Crippen molar-refractivity contribution >= 4 is 28.3 Å². The van der Waals surface area contributed by atoms with Crippen LogP contribution in [0.25, 0.3) is 11.1 Å². The Hall–Kier alpha value is -3.37. The Morgan fingerprint density at radius 2 is 1.05 bits per heavy atom. The summed E-state index contributed by atoms with van der Waals surface area (Å²) in [4.78, 5) is 39.5. The van der Waals surface area contributed by atoms with E-state index in [9.17, 15) is 14.4 Å². The largest absolute Gasteiger partial charge is 0.425 e. The Labute approximate surface area is 386 Å². The van der Waals surface area contributed by atoms with Gasteiger partial charge in [0.15, 0.2) is 0 Å². The van der Waals surface area contributed by atoms with Gasteiger partial charge < -0.3 is 9.64 Å². The number of imide groups is 1. The van der Waals surface area contributed by atoms with E-state index in [2.05, 4.69) is 119 Å². The molecule has 0 N–H and O–H groups in total. The van der Waals surface area contributed by atoms with Gasteiger partial charge in [-0.25, -0.2) is 0 Å². The number of amides is 3. The number of benzene rings is 2. The lowest BCUT2D eigenvalue weighted by atomic mass is 9.75. The normalized spacial score (nSPS) is 17.6. The van der Waals surface area contributed by atoms with E-state index in [1.54, 1.807) is 0 Å². The molecular formula is C53H88N2O7S. The fraction of sp³-hybridized carbons (Fsp3) is 0.717. The van der Waals surface area contributed by atoms with Crippen molar-refractivity contribution in [3.63, 3.8) is 0 Å². The van der Waals surface area contributed by atoms with Crippen LogP contribution in [-0.4, -0.2) is 71.0 Å². The van der Waals surface area contributed by atoms with E-state index in [1.165, 1.54) is 38.3 Å². The zero-order chi connectivity index (χ0) is 48.4. The number of piperidine rings is 1. The molecule has 1 aliphatic carbocycles. The van der Waals surface area contributed by atoms with Gasteiger partial charge in [0, 0.05) is 36.4 Å². The molecular weight excluding hydrogens is 809 g/mol. The summed E-state index contributed by atoms with van der Waals surface area (Å²) >= 11 is 0. The molecule has 2 aliphatic heterocycles. The highest BCUT2D eigenvalue weighted by Gasteiger charge is 2.48. The Morgan fingerprint density at radius 3 is 1.32 bits per heavy atom. The summed E-state index contributed by atoms with van der Waals surface area (Å²) in [5, 5.41) is 0. The summed E-state index contributed by atoms with van der Waals surface area (Å²) in [6, 6.07) is 14.1. The summed E-state index contributed by atoms with van der Waals surface area (Å²) in [5.74, 6) is 1.16. The van der Waals surface area contributed by atoms with Crippen molar-refractivity contribution in [1.29, 1.82) is 0 Å². The lowest BCUT2D eigenvalue weighted by Crippen LogP contribution is -2.46. The molecule has 2 heterocycles. The third-order valence-electron chi connectivity index (χ3n) is 12.1. The molecule has 0 radical (unpaired) electrons. The number of fused-ring (bicyclic) bond motifs is 3. The van der Waals surface area contributed by atoms with Crippen LogP contribution >= 0.6 is 0 Å². The van der Waals surface area contributed by atoms with Crippen LogP contribution in [0.3, 0.4) is 0 Å². The van der Waals surface area contributed by atoms with Gasteiger partial charge in [0.1, 0.15) is 0 Å². The first-order valence-corrected chi connectivity index (χ1v) is 23.5. The van der Waals surface area contributed by atoms with Gasteiger partial charge in [-0.3, -0.25) is 19.3 Å². The molecule has 358 valence electrons. The van der Waals surface area contributed by atoms with Gasteiger partial charge in [0.05, 0.1) is 18.1 Å². The fourth-order valence-electron chi connectivity index (χ4n) is 8.24. The molecule has 63 heavy (non-hydrogen) atoms. The van der Waals surface area contributed by atoms with Crippen molar-refractivity contribution in [2.24, 2.45) is 28.1 Å². The molecule has 2 fully saturated rings. The first-order chi connectivity index (χ1) is 27.7. The number of ether oxygens (including phenoxy) is 1. The van der Waals surface area contributed by atoms with Gasteiger partial charge in [0.25, 0.3) is 0 Å². The van der Waals surface area contributed by atoms with Crippen LogP contribution in [0.5, 0.6) is 0 Å². The maximum atomic E-state index is 12.1. The molecule has 0 saturated carbocycles. The topological polar surface area (TPSA) is 118 Å². The molecule has 1 unspecified atom stereocenters. The van der Waals surface area contributed by atoms with E-state index in [1.807, 2.05) is 67.2 Å². The number of rotatable bonds is 2. The van der Waals surface area contributed by atoms with Gasteiger partial charge in [-0.2, -0.15) is 0 Å². The maximum absolute atomic E-state index is 12.1. The van der Waals surface area contributed by atoms with E-state index in [0.717, 1.165) is 38.5 Å². The minimum absolute atomic E-state index is 0. The van der Waals surface area contributed by atoms with Gasteiger partial charge in [-0.1, -0.05) is 148 Å². The van der Waals surface area contributed by atoms with Crippen LogP contribution in [0.15, 0.2) is 36.4 Å². The molecule has 5 rings (SSSR count). The number of hydrogen-bond donors (Lipinski definition) is 0.